The number of hydrogen-bond donors (Lipinski definition) is 3. The summed E-state index contributed by atoms with van der Waals surface area (Å²) in [5.41, 5.74) is 1.68. The fourth-order valence-corrected chi connectivity index (χ4v) is 4.30. The van der Waals surface area contributed by atoms with Gasteiger partial charge in [-0.2, -0.15) is 5.10 Å². The quantitative estimate of drug-likeness (QED) is 0.563. The van der Waals surface area contributed by atoms with E-state index in [1.165, 1.54) is 6.42 Å². The summed E-state index contributed by atoms with van der Waals surface area (Å²) in [6.45, 7) is 4.05. The second kappa shape index (κ2) is 7.24. The fourth-order valence-electron chi connectivity index (χ4n) is 4.30. The SMILES string of the molecule is CN1CCC2(CCN(C(=N)/C=C\C(=N)c3ccc(-n4cccn4)cc3O)C2)C1. The molecule has 0 saturated carbocycles. The Balaban J connectivity index is 1.41. The predicted octanol–water partition coefficient (Wildman–Crippen LogP) is 2.51. The van der Waals surface area contributed by atoms with Crippen molar-refractivity contribution in [1.29, 1.82) is 10.8 Å². The van der Waals surface area contributed by atoms with Crippen LogP contribution in [-0.4, -0.2) is 69.5 Å². The lowest BCUT2D eigenvalue weighted by Gasteiger charge is -2.24. The fraction of sp³-hybridized carbons (Fsp3) is 0.381. The van der Waals surface area contributed by atoms with Gasteiger partial charge in [0.05, 0.1) is 11.4 Å². The maximum atomic E-state index is 10.3. The molecule has 0 amide bonds. The number of aromatic hydroxyl groups is 1. The normalized spacial score (nSPS) is 22.5. The van der Waals surface area contributed by atoms with E-state index >= 15 is 0 Å². The van der Waals surface area contributed by atoms with Crippen LogP contribution in [0.2, 0.25) is 0 Å². The van der Waals surface area contributed by atoms with E-state index in [0.29, 0.717) is 16.8 Å². The lowest BCUT2D eigenvalue weighted by atomic mass is 9.86. The number of nitrogens with one attached hydrogen (secondary N) is 2. The van der Waals surface area contributed by atoms with Gasteiger partial charge in [-0.3, -0.25) is 5.41 Å². The molecule has 2 aromatic rings. The average molecular weight is 378 g/mol. The Hall–Kier alpha value is -2.93. The first-order valence-electron chi connectivity index (χ1n) is 9.58. The summed E-state index contributed by atoms with van der Waals surface area (Å²) < 4.78 is 1.66. The molecule has 1 atom stereocenters. The van der Waals surface area contributed by atoms with Gasteiger partial charge in [0.1, 0.15) is 11.6 Å². The van der Waals surface area contributed by atoms with Gasteiger partial charge in [-0.25, -0.2) is 4.68 Å². The molecule has 1 spiro atoms. The van der Waals surface area contributed by atoms with Crippen LogP contribution in [0, 0.1) is 16.2 Å². The van der Waals surface area contributed by atoms with Gasteiger partial charge in [-0.15, -0.1) is 0 Å². The summed E-state index contributed by atoms with van der Waals surface area (Å²) in [5.74, 6) is 0.465. The largest absolute Gasteiger partial charge is 0.507 e. The van der Waals surface area contributed by atoms with Crippen molar-refractivity contribution in [2.75, 3.05) is 33.2 Å². The molecule has 0 aliphatic carbocycles. The van der Waals surface area contributed by atoms with Crippen LogP contribution in [0.4, 0.5) is 0 Å². The number of allylic oxidation sites excluding steroid dienone is 1. The standard InChI is InChI=1S/C21H26N6O/c1-25-11-7-21(14-25)8-12-26(15-21)20(23)6-5-18(22)17-4-3-16(13-19(17)28)27-10-2-9-24-27/h2-6,9-10,13,22-23,28H,7-8,11-12,14-15H2,1H3/b6-5-,22-18?,23-20?. The molecule has 7 nitrogen and oxygen atoms in total. The zero-order valence-electron chi connectivity index (χ0n) is 16.1. The Kier molecular flexibility index (Phi) is 4.77. The van der Waals surface area contributed by atoms with E-state index in [2.05, 4.69) is 21.9 Å². The molecule has 28 heavy (non-hydrogen) atoms. The van der Waals surface area contributed by atoms with E-state index in [9.17, 15) is 5.11 Å². The van der Waals surface area contributed by atoms with Crippen LogP contribution < -0.4 is 0 Å². The first-order chi connectivity index (χ1) is 13.5. The summed E-state index contributed by atoms with van der Waals surface area (Å²) in [7, 11) is 2.16. The van der Waals surface area contributed by atoms with E-state index in [4.69, 9.17) is 10.8 Å². The number of aromatic nitrogens is 2. The molecule has 7 heteroatoms. The highest BCUT2D eigenvalue weighted by atomic mass is 16.3. The highest BCUT2D eigenvalue weighted by Gasteiger charge is 2.42. The first kappa shape index (κ1) is 18.4. The molecule has 3 N–H and O–H groups in total. The van der Waals surface area contributed by atoms with Crippen molar-refractivity contribution in [2.24, 2.45) is 5.41 Å². The third kappa shape index (κ3) is 3.57. The van der Waals surface area contributed by atoms with Gasteiger partial charge in [-0.1, -0.05) is 0 Å². The molecule has 1 aromatic heterocycles. The van der Waals surface area contributed by atoms with E-state index in [-0.39, 0.29) is 11.5 Å². The highest BCUT2D eigenvalue weighted by molar-refractivity contribution is 6.11. The molecular formula is C21H26N6O. The van der Waals surface area contributed by atoms with Crippen molar-refractivity contribution in [3.63, 3.8) is 0 Å². The van der Waals surface area contributed by atoms with Crippen molar-refractivity contribution in [1.82, 2.24) is 19.6 Å². The molecule has 146 valence electrons. The third-order valence-electron chi connectivity index (χ3n) is 5.86. The minimum Gasteiger partial charge on any atom is -0.507 e. The molecule has 2 saturated heterocycles. The zero-order chi connectivity index (χ0) is 19.7. The van der Waals surface area contributed by atoms with Crippen LogP contribution in [0.5, 0.6) is 5.75 Å². The summed E-state index contributed by atoms with van der Waals surface area (Å²) in [4.78, 5) is 4.47. The van der Waals surface area contributed by atoms with Gasteiger partial charge in [-0.05, 0) is 56.8 Å². The van der Waals surface area contributed by atoms with E-state index in [1.54, 1.807) is 41.4 Å². The number of likely N-dealkylation sites (tertiary alicyclic amines) is 2. The summed E-state index contributed by atoms with van der Waals surface area (Å²) in [6.07, 6.45) is 9.06. The molecular weight excluding hydrogens is 352 g/mol. The van der Waals surface area contributed by atoms with Crippen LogP contribution in [0.3, 0.4) is 0 Å². The zero-order valence-corrected chi connectivity index (χ0v) is 16.1. The van der Waals surface area contributed by atoms with Crippen LogP contribution in [0.1, 0.15) is 18.4 Å². The van der Waals surface area contributed by atoms with Gasteiger partial charge in [0.2, 0.25) is 0 Å². The van der Waals surface area contributed by atoms with Gasteiger partial charge in [0.15, 0.2) is 0 Å². The van der Waals surface area contributed by atoms with Crippen molar-refractivity contribution < 1.29 is 5.11 Å². The van der Waals surface area contributed by atoms with Crippen molar-refractivity contribution >= 4 is 11.5 Å². The third-order valence-corrected chi connectivity index (χ3v) is 5.86. The summed E-state index contributed by atoms with van der Waals surface area (Å²) in [6, 6.07) is 6.93. The topological polar surface area (TPSA) is 92.2 Å². The molecule has 1 unspecified atom stereocenters. The van der Waals surface area contributed by atoms with E-state index in [0.717, 1.165) is 38.3 Å². The Morgan fingerprint density at radius 1 is 1.18 bits per heavy atom. The molecule has 0 radical (unpaired) electrons. The van der Waals surface area contributed by atoms with Crippen molar-refractivity contribution in [2.45, 2.75) is 12.8 Å². The lowest BCUT2D eigenvalue weighted by molar-refractivity contribution is 0.293. The average Bonchev–Trinajstić information content (AvgIpc) is 3.42. The van der Waals surface area contributed by atoms with Crippen LogP contribution in [0.15, 0.2) is 48.8 Å². The first-order valence-corrected chi connectivity index (χ1v) is 9.58. The smallest absolute Gasteiger partial charge is 0.127 e. The number of benzene rings is 1. The molecule has 0 bridgehead atoms. The minimum absolute atomic E-state index is 0.0308. The number of rotatable bonds is 4. The van der Waals surface area contributed by atoms with Crippen LogP contribution in [-0.2, 0) is 0 Å². The van der Waals surface area contributed by atoms with E-state index in [1.807, 2.05) is 12.1 Å². The molecule has 1 aromatic carbocycles. The van der Waals surface area contributed by atoms with Gasteiger partial charge in [0.25, 0.3) is 0 Å². The number of amidine groups is 1. The highest BCUT2D eigenvalue weighted by Crippen LogP contribution is 2.38. The molecule has 2 aliphatic rings. The molecule has 3 heterocycles. The van der Waals surface area contributed by atoms with Gasteiger partial charge in [0, 0.05) is 49.1 Å². The Bertz CT molecular complexity index is 919. The summed E-state index contributed by atoms with van der Waals surface area (Å²) in [5, 5.41) is 31.1. The monoisotopic (exact) mass is 378 g/mol. The minimum atomic E-state index is 0.0308. The number of phenolic OH excluding ortho intramolecular Hbond substituents is 1. The number of phenols is 1. The predicted molar refractivity (Wildman–Crippen MR) is 110 cm³/mol. The molecule has 2 fully saturated rings. The number of nitrogens with zero attached hydrogens (tertiary/aromatic N) is 4. The van der Waals surface area contributed by atoms with Crippen LogP contribution in [0.25, 0.3) is 5.69 Å². The second-order valence-corrected chi connectivity index (χ2v) is 7.94. The summed E-state index contributed by atoms with van der Waals surface area (Å²) >= 11 is 0. The van der Waals surface area contributed by atoms with Gasteiger partial charge < -0.3 is 20.3 Å². The molecule has 4 rings (SSSR count). The molecule has 2 aliphatic heterocycles. The van der Waals surface area contributed by atoms with Crippen molar-refractivity contribution in [3.8, 4) is 11.4 Å². The number of hydrogen-bond acceptors (Lipinski definition) is 5. The van der Waals surface area contributed by atoms with Crippen molar-refractivity contribution in [3.05, 3.63) is 54.4 Å². The second-order valence-electron chi connectivity index (χ2n) is 7.94. The maximum Gasteiger partial charge on any atom is 0.127 e. The van der Waals surface area contributed by atoms with E-state index < -0.39 is 0 Å². The Morgan fingerprint density at radius 2 is 2.00 bits per heavy atom. The Morgan fingerprint density at radius 3 is 2.68 bits per heavy atom. The lowest BCUT2D eigenvalue weighted by Crippen LogP contribution is -2.32. The maximum absolute atomic E-state index is 10.3. The van der Waals surface area contributed by atoms with Gasteiger partial charge >= 0.3 is 0 Å². The Labute approximate surface area is 164 Å². The van der Waals surface area contributed by atoms with Crippen LogP contribution >= 0.6 is 0 Å².